The number of hydrogen-bond donors (Lipinski definition) is 4. The first-order valence-corrected chi connectivity index (χ1v) is 18.4. The molecule has 5 rings (SSSR count). The van der Waals surface area contributed by atoms with Gasteiger partial charge < -0.3 is 30.7 Å². The minimum absolute atomic E-state index is 0.0316. The average molecular weight is 691 g/mol. The second kappa shape index (κ2) is 15.5. The van der Waals surface area contributed by atoms with Crippen molar-refractivity contribution >= 4 is 40.4 Å². The number of amides is 4. The van der Waals surface area contributed by atoms with Crippen molar-refractivity contribution in [1.29, 1.82) is 0 Å². The Bertz CT molecular complexity index is 1580. The molecule has 1 saturated heterocycles. The van der Waals surface area contributed by atoms with Crippen LogP contribution in [0.4, 0.5) is 0 Å². The molecule has 11 heteroatoms. The first kappa shape index (κ1) is 37.3. The van der Waals surface area contributed by atoms with Gasteiger partial charge in [-0.2, -0.15) is 0 Å². The summed E-state index contributed by atoms with van der Waals surface area (Å²) in [5.74, 6) is -3.14. The van der Waals surface area contributed by atoms with Gasteiger partial charge >= 0.3 is 5.97 Å². The molecule has 272 valence electrons. The lowest BCUT2D eigenvalue weighted by molar-refractivity contribution is -0.147. The van der Waals surface area contributed by atoms with E-state index in [0.29, 0.717) is 19.3 Å². The van der Waals surface area contributed by atoms with Crippen molar-refractivity contribution < 1.29 is 33.8 Å². The molecule has 2 saturated carbocycles. The molecule has 0 bridgehead atoms. The molecular weight excluding hydrogens is 636 g/mol. The summed E-state index contributed by atoms with van der Waals surface area (Å²) in [6, 6.07) is 11.3. The van der Waals surface area contributed by atoms with E-state index in [1.165, 1.54) is 11.8 Å². The third-order valence-corrected chi connectivity index (χ3v) is 11.6. The third kappa shape index (κ3) is 7.53. The van der Waals surface area contributed by atoms with Gasteiger partial charge in [-0.1, -0.05) is 89.4 Å². The fraction of sp³-hybridized carbons (Fsp3) is 0.615. The number of carbonyl (C=O) groups is 5. The Kier molecular flexibility index (Phi) is 11.5. The van der Waals surface area contributed by atoms with Gasteiger partial charge in [-0.05, 0) is 60.3 Å². The Balaban J connectivity index is 1.39. The van der Waals surface area contributed by atoms with E-state index in [9.17, 15) is 29.1 Å². The second-order valence-corrected chi connectivity index (χ2v) is 15.0. The van der Waals surface area contributed by atoms with Crippen LogP contribution in [-0.2, 0) is 35.3 Å². The molecule has 50 heavy (non-hydrogen) atoms. The highest BCUT2D eigenvalue weighted by atomic mass is 16.5. The maximum atomic E-state index is 14.5. The van der Waals surface area contributed by atoms with Gasteiger partial charge in [0.25, 0.3) is 0 Å². The number of carboxylic acids is 1. The molecule has 11 nitrogen and oxygen atoms in total. The molecule has 3 fully saturated rings. The highest BCUT2D eigenvalue weighted by Gasteiger charge is 2.71. The largest absolute Gasteiger partial charge is 0.479 e. The van der Waals surface area contributed by atoms with Crippen LogP contribution in [-0.4, -0.2) is 75.9 Å². The lowest BCUT2D eigenvalue weighted by atomic mass is 9.83. The normalized spacial score (nSPS) is 24.4. The van der Waals surface area contributed by atoms with E-state index in [1.54, 1.807) is 0 Å². The van der Waals surface area contributed by atoms with Gasteiger partial charge in [0.05, 0.1) is 12.7 Å². The van der Waals surface area contributed by atoms with Crippen LogP contribution in [0.2, 0.25) is 0 Å². The van der Waals surface area contributed by atoms with E-state index in [1.807, 2.05) is 70.2 Å². The molecule has 1 heterocycles. The number of ether oxygens (including phenoxy) is 1. The number of likely N-dealkylation sites (tertiary alicyclic amines) is 1. The molecular formula is C39H54N4O7. The summed E-state index contributed by atoms with van der Waals surface area (Å²) in [5, 5.41) is 21.1. The quantitative estimate of drug-likeness (QED) is 0.224. The molecule has 2 aromatic carbocycles. The van der Waals surface area contributed by atoms with E-state index in [-0.39, 0.29) is 37.3 Å². The predicted octanol–water partition coefficient (Wildman–Crippen LogP) is 4.70. The Labute approximate surface area is 295 Å². The van der Waals surface area contributed by atoms with Crippen molar-refractivity contribution in [2.24, 2.45) is 17.3 Å². The Morgan fingerprint density at radius 3 is 2.26 bits per heavy atom. The van der Waals surface area contributed by atoms with Crippen molar-refractivity contribution in [2.45, 2.75) is 129 Å². The number of aliphatic carboxylic acids is 1. The van der Waals surface area contributed by atoms with E-state index in [2.05, 4.69) is 16.0 Å². The van der Waals surface area contributed by atoms with Crippen molar-refractivity contribution in [3.63, 3.8) is 0 Å². The lowest BCUT2D eigenvalue weighted by Gasteiger charge is -2.34. The van der Waals surface area contributed by atoms with Gasteiger partial charge in [0.2, 0.25) is 23.6 Å². The number of nitrogens with one attached hydrogen (secondary N) is 3. The van der Waals surface area contributed by atoms with Crippen LogP contribution in [0.15, 0.2) is 42.5 Å². The average Bonchev–Trinajstić information content (AvgIpc) is 3.57. The summed E-state index contributed by atoms with van der Waals surface area (Å²) in [5.41, 5.74) is -0.980. The summed E-state index contributed by atoms with van der Waals surface area (Å²) >= 11 is 0. The van der Waals surface area contributed by atoms with Gasteiger partial charge in [0, 0.05) is 25.3 Å². The van der Waals surface area contributed by atoms with Crippen molar-refractivity contribution in [3.8, 4) is 0 Å². The molecule has 0 radical (unpaired) electrons. The van der Waals surface area contributed by atoms with Crippen LogP contribution in [0.1, 0.15) is 98.0 Å². The number of carboxylic acid groups (broad SMARTS) is 1. The van der Waals surface area contributed by atoms with E-state index >= 15 is 0 Å². The minimum atomic E-state index is -1.40. The van der Waals surface area contributed by atoms with Gasteiger partial charge in [-0.3, -0.25) is 19.2 Å². The van der Waals surface area contributed by atoms with Gasteiger partial charge in [-0.15, -0.1) is 0 Å². The van der Waals surface area contributed by atoms with Crippen LogP contribution < -0.4 is 16.0 Å². The van der Waals surface area contributed by atoms with Crippen LogP contribution >= 0.6 is 0 Å². The predicted molar refractivity (Wildman–Crippen MR) is 190 cm³/mol. The lowest BCUT2D eigenvalue weighted by Crippen LogP contribution is -2.60. The van der Waals surface area contributed by atoms with Crippen LogP contribution in [0.5, 0.6) is 0 Å². The summed E-state index contributed by atoms with van der Waals surface area (Å²) in [4.78, 5) is 68.6. The highest BCUT2D eigenvalue weighted by molar-refractivity contribution is 5.97. The molecule has 4 amide bonds. The third-order valence-electron chi connectivity index (χ3n) is 11.6. The number of hydrogen-bond acceptors (Lipinski definition) is 6. The van der Waals surface area contributed by atoms with E-state index in [4.69, 9.17) is 4.74 Å². The molecule has 2 aromatic rings. The topological polar surface area (TPSA) is 154 Å². The fourth-order valence-electron chi connectivity index (χ4n) is 8.45. The number of carbonyl (C=O) groups excluding carboxylic acids is 4. The summed E-state index contributed by atoms with van der Waals surface area (Å²) in [7, 11) is 0. The van der Waals surface area contributed by atoms with Gasteiger partial charge in [-0.25, -0.2) is 4.79 Å². The fourth-order valence-corrected chi connectivity index (χ4v) is 8.45. The first-order chi connectivity index (χ1) is 23.9. The molecule has 0 spiro atoms. The zero-order valence-electron chi connectivity index (χ0n) is 30.1. The van der Waals surface area contributed by atoms with Crippen molar-refractivity contribution in [3.05, 3.63) is 48.0 Å². The number of fused-ring (bicyclic) bond motifs is 1. The summed E-state index contributed by atoms with van der Waals surface area (Å²) in [6.07, 6.45) is 5.84. The maximum Gasteiger partial charge on any atom is 0.330 e. The number of nitrogens with zero attached hydrogens (tertiary/aromatic N) is 1. The zero-order chi connectivity index (χ0) is 36.2. The molecule has 5 atom stereocenters. The summed E-state index contributed by atoms with van der Waals surface area (Å²) < 4.78 is 6.39. The standard InChI is InChI=1S/C39H54N4O7/c1-6-38(7-2)23-39(38,37(48)49)42-34(45)31-20-29(50-22-28-18-13-17-26-14-11-12-19-30(26)28)21-43(31)36(47)32(24(3)4)41-35(46)33(40-25(5)44)27-15-9-8-10-16-27/h11-14,17-19,24,27,29,31-33H,6-10,15-16,20-23H2,1-5H3,(H,40,44)(H,41,46)(H,42,45)(H,48,49)/t29-,31+,32+,33+,39-/m1/s1. The Morgan fingerprint density at radius 1 is 0.960 bits per heavy atom. The van der Waals surface area contributed by atoms with Crippen LogP contribution in [0.3, 0.4) is 0 Å². The van der Waals surface area contributed by atoms with E-state index < -0.39 is 58.9 Å². The molecule has 2 aliphatic carbocycles. The molecule has 0 unspecified atom stereocenters. The molecule has 3 aliphatic rings. The highest BCUT2D eigenvalue weighted by Crippen LogP contribution is 2.61. The monoisotopic (exact) mass is 690 g/mol. The number of rotatable bonds is 14. The van der Waals surface area contributed by atoms with E-state index in [0.717, 1.165) is 48.4 Å². The smallest absolute Gasteiger partial charge is 0.330 e. The number of benzene rings is 2. The van der Waals surface area contributed by atoms with Crippen molar-refractivity contribution in [1.82, 2.24) is 20.9 Å². The Morgan fingerprint density at radius 2 is 1.64 bits per heavy atom. The first-order valence-electron chi connectivity index (χ1n) is 18.4. The molecule has 1 aliphatic heterocycles. The SMILES string of the molecule is CCC1(CC)C[C@@]1(NC(=O)[C@@H]1C[C@@H](OCc2cccc3ccccc23)CN1C(=O)[C@@H](NC(=O)[C@@H](NC(C)=O)C1CCCCC1)C(C)C)C(=O)O. The van der Waals surface area contributed by atoms with Crippen LogP contribution in [0, 0.1) is 17.3 Å². The maximum absolute atomic E-state index is 14.5. The van der Waals surface area contributed by atoms with Gasteiger partial charge in [0.15, 0.2) is 0 Å². The molecule has 0 aromatic heterocycles. The molecule has 4 N–H and O–H groups in total. The second-order valence-electron chi connectivity index (χ2n) is 15.0. The van der Waals surface area contributed by atoms with Gasteiger partial charge in [0.1, 0.15) is 23.7 Å². The zero-order valence-corrected chi connectivity index (χ0v) is 30.1. The Hall–Kier alpha value is -3.99. The summed E-state index contributed by atoms with van der Waals surface area (Å²) in [6.45, 7) is 9.27. The van der Waals surface area contributed by atoms with Crippen molar-refractivity contribution in [2.75, 3.05) is 6.54 Å². The minimum Gasteiger partial charge on any atom is -0.479 e. The van der Waals surface area contributed by atoms with Crippen LogP contribution in [0.25, 0.3) is 10.8 Å².